The predicted molar refractivity (Wildman–Crippen MR) is 134 cm³/mol. The van der Waals surface area contributed by atoms with Gasteiger partial charge in [-0.25, -0.2) is 24.3 Å². The minimum atomic E-state index is -2.72. The molecule has 3 aromatic heterocycles. The average Bonchev–Trinajstić information content (AvgIpc) is 3.31. The predicted octanol–water partition coefficient (Wildman–Crippen LogP) is 3.22. The number of amides is 1. The molecule has 37 heavy (non-hydrogen) atoms. The number of aryl methyl sites for hydroxylation is 2. The number of rotatable bonds is 4. The van der Waals surface area contributed by atoms with Crippen LogP contribution in [0.3, 0.4) is 0 Å². The quantitative estimate of drug-likeness (QED) is 0.507. The van der Waals surface area contributed by atoms with Crippen LogP contribution < -0.4 is 10.1 Å². The zero-order valence-electron chi connectivity index (χ0n) is 23.4. The molecule has 3 aromatic rings. The first-order valence-electron chi connectivity index (χ1n) is 13.2. The van der Waals surface area contributed by atoms with Gasteiger partial charge in [-0.05, 0) is 50.8 Å². The number of anilines is 1. The number of carboxylic acid groups (broad SMARTS) is 1. The van der Waals surface area contributed by atoms with E-state index in [2.05, 4.69) is 26.3 Å². The molecule has 0 aliphatic carbocycles. The van der Waals surface area contributed by atoms with Crippen LogP contribution in [0.4, 0.5) is 10.2 Å². The van der Waals surface area contributed by atoms with Gasteiger partial charge in [0.2, 0.25) is 11.8 Å². The van der Waals surface area contributed by atoms with Crippen LogP contribution in [0.5, 0.6) is 5.88 Å². The normalized spacial score (nSPS) is 20.3. The number of ether oxygens (including phenoxy) is 1. The number of halogens is 1. The van der Waals surface area contributed by atoms with Crippen molar-refractivity contribution < 1.29 is 27.9 Å². The van der Waals surface area contributed by atoms with Crippen molar-refractivity contribution in [2.24, 2.45) is 0 Å². The van der Waals surface area contributed by atoms with Crippen LogP contribution in [-0.4, -0.2) is 68.0 Å². The van der Waals surface area contributed by atoms with Crippen LogP contribution in [0, 0.1) is 12.7 Å². The molecular formula is C26H29FN6O4. The van der Waals surface area contributed by atoms with E-state index in [1.54, 1.807) is 30.3 Å². The summed E-state index contributed by atoms with van der Waals surface area (Å²) >= 11 is 0. The van der Waals surface area contributed by atoms with Gasteiger partial charge in [0.1, 0.15) is 11.6 Å². The number of pyridine rings is 2. The Balaban J connectivity index is 0.00000118. The van der Waals surface area contributed by atoms with Crippen LogP contribution in [0.25, 0.3) is 11.4 Å². The third kappa shape index (κ3) is 5.35. The van der Waals surface area contributed by atoms with E-state index in [1.165, 1.54) is 6.07 Å². The van der Waals surface area contributed by atoms with Crippen molar-refractivity contribution in [1.29, 1.82) is 0 Å². The summed E-state index contributed by atoms with van der Waals surface area (Å²) in [6, 6.07) is 5.04. The van der Waals surface area contributed by atoms with E-state index in [4.69, 9.17) is 23.7 Å². The van der Waals surface area contributed by atoms with Gasteiger partial charge >= 0.3 is 0 Å². The number of nitrogens with one attached hydrogen (secondary N) is 1. The zero-order chi connectivity index (χ0) is 29.1. The molecule has 5 heterocycles. The Morgan fingerprint density at radius 1 is 1.32 bits per heavy atom. The van der Waals surface area contributed by atoms with E-state index in [-0.39, 0.29) is 29.4 Å². The molecule has 1 amide bonds. The molecule has 5 rings (SSSR count). The molecule has 10 nitrogen and oxygen atoms in total. The molecule has 1 saturated heterocycles. The Kier molecular flexibility index (Phi) is 6.48. The molecule has 0 saturated carbocycles. The first-order chi connectivity index (χ1) is 18.9. The number of carbonyl (C=O) groups is 2. The molecule has 0 radical (unpaired) electrons. The second kappa shape index (κ2) is 10.9. The summed E-state index contributed by atoms with van der Waals surface area (Å²) in [6.07, 6.45) is 6.65. The van der Waals surface area contributed by atoms with E-state index >= 15 is 0 Å². The fraction of sp³-hybridized carbons (Fsp3) is 0.385. The number of fused-ring (bicyclic) bond motifs is 1. The third-order valence-corrected chi connectivity index (χ3v) is 6.82. The lowest BCUT2D eigenvalue weighted by molar-refractivity contribution is -0.131. The van der Waals surface area contributed by atoms with E-state index in [0.717, 1.165) is 48.1 Å². The maximum absolute atomic E-state index is 14.5. The molecule has 2 atom stereocenters. The fourth-order valence-electron chi connectivity index (χ4n) is 4.89. The standard InChI is InChI=1S/C25H27FN6O2.CH2O2/c1-15(18-12-21(34-3)29-13-20(18)26)24(33)32-10-7-25(14-32)6-5-17-11-19(16(2)30-22(17)31-25)23-27-8-4-9-28-23;2-1-3/h4,8-9,11-13,15H,5-7,10,14H2,1-3H3,(H,30,31);1H,(H,2,3)/t15-,25+;/m1./s1/i3D3;. The number of likely N-dealkylation sites (tertiary alicyclic amines) is 1. The van der Waals surface area contributed by atoms with Crippen molar-refractivity contribution in [3.05, 3.63) is 59.4 Å². The largest absolute Gasteiger partial charge is 0.483 e. The highest BCUT2D eigenvalue weighted by atomic mass is 19.1. The van der Waals surface area contributed by atoms with Crippen LogP contribution >= 0.6 is 0 Å². The minimum Gasteiger partial charge on any atom is -0.483 e. The van der Waals surface area contributed by atoms with Gasteiger partial charge in [0.05, 0.1) is 34.5 Å². The Hall–Kier alpha value is -4.15. The van der Waals surface area contributed by atoms with Gasteiger partial charge in [-0.2, -0.15) is 0 Å². The molecule has 1 fully saturated rings. The SMILES string of the molecule is O=CO.[2H]C([2H])([2H])Oc1cc([C@@H](C)C(=O)N2CC[C@@]3(CCc4cc(-c5ncccn5)c(C)nc4N3)C2)c(F)cn1. The highest BCUT2D eigenvalue weighted by molar-refractivity contribution is 5.84. The topological polar surface area (TPSA) is 130 Å². The van der Waals surface area contributed by atoms with Gasteiger partial charge in [0.25, 0.3) is 6.47 Å². The van der Waals surface area contributed by atoms with Crippen molar-refractivity contribution in [2.75, 3.05) is 25.4 Å². The first-order valence-corrected chi connectivity index (χ1v) is 11.7. The summed E-state index contributed by atoms with van der Waals surface area (Å²) in [5, 5.41) is 10.5. The maximum atomic E-state index is 14.5. The van der Waals surface area contributed by atoms with Crippen molar-refractivity contribution in [1.82, 2.24) is 24.8 Å². The lowest BCUT2D eigenvalue weighted by Gasteiger charge is -2.36. The smallest absolute Gasteiger partial charge is 0.290 e. The Morgan fingerprint density at radius 2 is 2.08 bits per heavy atom. The van der Waals surface area contributed by atoms with Crippen molar-refractivity contribution in [3.8, 4) is 17.3 Å². The zero-order valence-corrected chi connectivity index (χ0v) is 20.4. The summed E-state index contributed by atoms with van der Waals surface area (Å²) < 4.78 is 41.1. The number of carbonyl (C=O) groups excluding carboxylic acids is 1. The second-order valence-electron chi connectivity index (χ2n) is 9.09. The van der Waals surface area contributed by atoms with Gasteiger partial charge in [0.15, 0.2) is 5.82 Å². The van der Waals surface area contributed by atoms with E-state index < -0.39 is 18.8 Å². The number of hydrogen-bond donors (Lipinski definition) is 2. The van der Waals surface area contributed by atoms with Gasteiger partial charge in [-0.15, -0.1) is 0 Å². The molecule has 2 aliphatic rings. The van der Waals surface area contributed by atoms with E-state index in [0.29, 0.717) is 18.9 Å². The van der Waals surface area contributed by atoms with Gasteiger partial charge in [0, 0.05) is 42.7 Å². The monoisotopic (exact) mass is 511 g/mol. The Morgan fingerprint density at radius 3 is 2.81 bits per heavy atom. The summed E-state index contributed by atoms with van der Waals surface area (Å²) in [7, 11) is -2.72. The van der Waals surface area contributed by atoms with Crippen LogP contribution in [0.2, 0.25) is 0 Å². The average molecular weight is 512 g/mol. The second-order valence-corrected chi connectivity index (χ2v) is 9.09. The molecule has 0 bridgehead atoms. The van der Waals surface area contributed by atoms with Gasteiger partial charge < -0.3 is 20.1 Å². The summed E-state index contributed by atoms with van der Waals surface area (Å²) in [6.45, 7) is 4.26. The summed E-state index contributed by atoms with van der Waals surface area (Å²) in [5.41, 5.74) is 2.53. The molecule has 0 aromatic carbocycles. The molecule has 2 N–H and O–H groups in total. The maximum Gasteiger partial charge on any atom is 0.290 e. The van der Waals surface area contributed by atoms with Crippen LogP contribution in [0.15, 0.2) is 36.8 Å². The van der Waals surface area contributed by atoms with E-state index in [1.807, 2.05) is 6.92 Å². The lowest BCUT2D eigenvalue weighted by Crippen LogP contribution is -2.46. The van der Waals surface area contributed by atoms with Crippen molar-refractivity contribution in [3.63, 3.8) is 0 Å². The van der Waals surface area contributed by atoms with E-state index in [9.17, 15) is 9.18 Å². The van der Waals surface area contributed by atoms with Gasteiger partial charge in [-0.1, -0.05) is 0 Å². The van der Waals surface area contributed by atoms with Crippen LogP contribution in [0.1, 0.15) is 46.6 Å². The van der Waals surface area contributed by atoms with Crippen molar-refractivity contribution in [2.45, 2.75) is 44.6 Å². The Labute approximate surface area is 218 Å². The lowest BCUT2D eigenvalue weighted by atomic mass is 9.86. The van der Waals surface area contributed by atoms with Crippen molar-refractivity contribution >= 4 is 18.2 Å². The number of hydrogen-bond acceptors (Lipinski definition) is 8. The minimum absolute atomic E-state index is 0.0510. The fourth-order valence-corrected chi connectivity index (χ4v) is 4.89. The first kappa shape index (κ1) is 22.1. The highest BCUT2D eigenvalue weighted by Gasteiger charge is 2.43. The highest BCUT2D eigenvalue weighted by Crippen LogP contribution is 2.38. The molecule has 194 valence electrons. The molecule has 0 unspecified atom stereocenters. The molecular weight excluding hydrogens is 479 g/mol. The number of aromatic nitrogens is 4. The van der Waals surface area contributed by atoms with Crippen LogP contribution in [-0.2, 0) is 16.0 Å². The third-order valence-electron chi connectivity index (χ3n) is 6.82. The number of nitrogens with zero attached hydrogens (tertiary/aromatic N) is 5. The van der Waals surface area contributed by atoms with Gasteiger partial charge in [-0.3, -0.25) is 9.59 Å². The summed E-state index contributed by atoms with van der Waals surface area (Å²) in [5.74, 6) is -0.566. The molecule has 2 aliphatic heterocycles. The number of methoxy groups -OCH3 is 1. The molecule has 1 spiro atoms. The summed E-state index contributed by atoms with van der Waals surface area (Å²) in [4.78, 5) is 40.6. The Bertz CT molecular complexity index is 1390. The molecule has 11 heteroatoms.